The summed E-state index contributed by atoms with van der Waals surface area (Å²) in [5, 5.41) is 2.09. The second kappa shape index (κ2) is 6.10. The number of thiophene rings is 1. The lowest BCUT2D eigenvalue weighted by Crippen LogP contribution is -2.28. The van der Waals surface area contributed by atoms with Gasteiger partial charge in [0.25, 0.3) is 0 Å². The maximum atomic E-state index is 12.4. The Morgan fingerprint density at radius 2 is 2.25 bits per heavy atom. The molecule has 0 spiro atoms. The Bertz CT molecular complexity index is 609. The fraction of sp³-hybridized carbons (Fsp3) is 0.312. The van der Waals surface area contributed by atoms with Crippen LogP contribution in [0, 0.1) is 0 Å². The third-order valence-corrected chi connectivity index (χ3v) is 5.07. The first-order valence-corrected chi connectivity index (χ1v) is 8.52. The topological polar surface area (TPSA) is 20.3 Å². The Balaban J connectivity index is 1.60. The van der Waals surface area contributed by atoms with Gasteiger partial charge >= 0.3 is 0 Å². The summed E-state index contributed by atoms with van der Waals surface area (Å²) in [6.07, 6.45) is 3.53. The number of carbonyl (C=O) groups excluding carboxylic acids is 1. The molecule has 104 valence electrons. The number of halogens is 1. The molecule has 0 radical (unpaired) electrons. The minimum atomic E-state index is 0.249. The largest absolute Gasteiger partial charge is 0.312 e. The first-order chi connectivity index (χ1) is 9.74. The molecule has 0 N–H and O–H groups in total. The van der Waals surface area contributed by atoms with Crippen molar-refractivity contribution in [1.29, 1.82) is 0 Å². The van der Waals surface area contributed by atoms with Crippen molar-refractivity contribution in [3.63, 3.8) is 0 Å². The van der Waals surface area contributed by atoms with E-state index in [1.807, 2.05) is 11.0 Å². The van der Waals surface area contributed by atoms with E-state index in [-0.39, 0.29) is 5.91 Å². The minimum Gasteiger partial charge on any atom is -0.312 e. The van der Waals surface area contributed by atoms with Crippen LogP contribution in [0.1, 0.15) is 23.3 Å². The maximum Gasteiger partial charge on any atom is 0.227 e. The van der Waals surface area contributed by atoms with Crippen LogP contribution in [-0.4, -0.2) is 12.5 Å². The van der Waals surface area contributed by atoms with Crippen LogP contribution in [0.25, 0.3) is 0 Å². The van der Waals surface area contributed by atoms with Crippen molar-refractivity contribution in [3.05, 3.63) is 50.6 Å². The molecule has 0 fully saturated rings. The molecular formula is C16H16BrNOS. The summed E-state index contributed by atoms with van der Waals surface area (Å²) in [7, 11) is 0. The van der Waals surface area contributed by atoms with E-state index < -0.39 is 0 Å². The van der Waals surface area contributed by atoms with Crippen LogP contribution in [0.4, 0.5) is 5.69 Å². The van der Waals surface area contributed by atoms with Crippen molar-refractivity contribution in [2.24, 2.45) is 0 Å². The van der Waals surface area contributed by atoms with Crippen molar-refractivity contribution in [3.8, 4) is 0 Å². The Hall–Kier alpha value is -1.13. The van der Waals surface area contributed by atoms with Crippen LogP contribution >= 0.6 is 27.3 Å². The van der Waals surface area contributed by atoms with Crippen LogP contribution in [-0.2, 0) is 17.6 Å². The first-order valence-electron chi connectivity index (χ1n) is 6.85. The number of amides is 1. The molecule has 1 aromatic heterocycles. The van der Waals surface area contributed by atoms with E-state index >= 15 is 0 Å². The number of benzene rings is 1. The average Bonchev–Trinajstić information content (AvgIpc) is 3.07. The summed E-state index contributed by atoms with van der Waals surface area (Å²) in [4.78, 5) is 15.7. The molecule has 2 aromatic rings. The van der Waals surface area contributed by atoms with Crippen molar-refractivity contribution < 1.29 is 4.79 Å². The van der Waals surface area contributed by atoms with Gasteiger partial charge in [0.2, 0.25) is 5.91 Å². The number of fused-ring (bicyclic) bond motifs is 1. The quantitative estimate of drug-likeness (QED) is 0.799. The van der Waals surface area contributed by atoms with Gasteiger partial charge in [-0.15, -0.1) is 11.3 Å². The molecular weight excluding hydrogens is 334 g/mol. The summed E-state index contributed by atoms with van der Waals surface area (Å²) in [5.41, 5.74) is 2.36. The molecule has 0 atom stereocenters. The zero-order chi connectivity index (χ0) is 13.9. The standard InChI is InChI=1S/C16H16BrNOS/c17-13-7-6-12-8-9-18(15(12)11-13)16(19)5-1-3-14-4-2-10-20-14/h2,4,6-7,10-11H,1,3,5,8-9H2. The van der Waals surface area contributed by atoms with Crippen LogP contribution in [0.2, 0.25) is 0 Å². The molecule has 1 amide bonds. The highest BCUT2D eigenvalue weighted by molar-refractivity contribution is 9.10. The Labute approximate surface area is 131 Å². The van der Waals surface area contributed by atoms with Crippen LogP contribution < -0.4 is 4.90 Å². The van der Waals surface area contributed by atoms with E-state index in [0.29, 0.717) is 6.42 Å². The molecule has 1 aliphatic heterocycles. The first kappa shape index (κ1) is 13.8. The molecule has 0 saturated carbocycles. The zero-order valence-electron chi connectivity index (χ0n) is 11.1. The molecule has 2 heterocycles. The molecule has 3 rings (SSSR count). The minimum absolute atomic E-state index is 0.249. The van der Waals surface area contributed by atoms with E-state index in [1.165, 1.54) is 10.4 Å². The SMILES string of the molecule is O=C(CCCc1cccs1)N1CCc2ccc(Br)cc21. The van der Waals surface area contributed by atoms with Crippen molar-refractivity contribution >= 4 is 38.9 Å². The van der Waals surface area contributed by atoms with E-state index in [2.05, 4.69) is 45.6 Å². The van der Waals surface area contributed by atoms with E-state index in [4.69, 9.17) is 0 Å². The van der Waals surface area contributed by atoms with Gasteiger partial charge in [0.15, 0.2) is 0 Å². The molecule has 0 aliphatic carbocycles. The number of carbonyl (C=O) groups is 1. The summed E-state index contributed by atoms with van der Waals surface area (Å²) in [6, 6.07) is 10.4. The molecule has 0 bridgehead atoms. The van der Waals surface area contributed by atoms with Gasteiger partial charge < -0.3 is 4.90 Å². The third-order valence-electron chi connectivity index (χ3n) is 3.64. The van der Waals surface area contributed by atoms with E-state index in [0.717, 1.165) is 36.0 Å². The van der Waals surface area contributed by atoms with Crippen LogP contribution in [0.5, 0.6) is 0 Å². The smallest absolute Gasteiger partial charge is 0.227 e. The highest BCUT2D eigenvalue weighted by Gasteiger charge is 2.24. The predicted molar refractivity (Wildman–Crippen MR) is 87.5 cm³/mol. The van der Waals surface area contributed by atoms with E-state index in [9.17, 15) is 4.79 Å². The van der Waals surface area contributed by atoms with Gasteiger partial charge in [-0.2, -0.15) is 0 Å². The Kier molecular flexibility index (Phi) is 4.22. The number of hydrogen-bond acceptors (Lipinski definition) is 2. The summed E-state index contributed by atoms with van der Waals surface area (Å²) in [5.74, 6) is 0.249. The molecule has 2 nitrogen and oxygen atoms in total. The summed E-state index contributed by atoms with van der Waals surface area (Å²) < 4.78 is 1.04. The van der Waals surface area contributed by atoms with Crippen LogP contribution in [0.15, 0.2) is 40.2 Å². The highest BCUT2D eigenvalue weighted by atomic mass is 79.9. The van der Waals surface area contributed by atoms with Gasteiger partial charge in [0, 0.05) is 28.0 Å². The molecule has 0 saturated heterocycles. The van der Waals surface area contributed by atoms with Crippen molar-refractivity contribution in [1.82, 2.24) is 0 Å². The molecule has 4 heteroatoms. The van der Waals surface area contributed by atoms with Crippen molar-refractivity contribution in [2.45, 2.75) is 25.7 Å². The summed E-state index contributed by atoms with van der Waals surface area (Å²) >= 11 is 5.25. The highest BCUT2D eigenvalue weighted by Crippen LogP contribution is 2.31. The fourth-order valence-corrected chi connectivity index (χ4v) is 3.72. The van der Waals surface area contributed by atoms with Gasteiger partial charge in [-0.05, 0) is 48.4 Å². The Morgan fingerprint density at radius 1 is 1.35 bits per heavy atom. The zero-order valence-corrected chi connectivity index (χ0v) is 13.5. The number of aryl methyl sites for hydroxylation is 1. The van der Waals surface area contributed by atoms with Gasteiger partial charge in [-0.25, -0.2) is 0 Å². The number of anilines is 1. The molecule has 20 heavy (non-hydrogen) atoms. The van der Waals surface area contributed by atoms with E-state index in [1.54, 1.807) is 11.3 Å². The second-order valence-corrected chi connectivity index (χ2v) is 6.95. The maximum absolute atomic E-state index is 12.4. The van der Waals surface area contributed by atoms with Crippen molar-refractivity contribution in [2.75, 3.05) is 11.4 Å². The second-order valence-electron chi connectivity index (χ2n) is 5.00. The number of rotatable bonds is 4. The van der Waals surface area contributed by atoms with Gasteiger partial charge in [-0.1, -0.05) is 28.1 Å². The molecule has 1 aromatic carbocycles. The molecule has 1 aliphatic rings. The predicted octanol–water partition coefficient (Wildman–Crippen LogP) is 4.42. The van der Waals surface area contributed by atoms with Gasteiger partial charge in [0.05, 0.1) is 0 Å². The lowest BCUT2D eigenvalue weighted by Gasteiger charge is -2.17. The van der Waals surface area contributed by atoms with Crippen LogP contribution in [0.3, 0.4) is 0 Å². The van der Waals surface area contributed by atoms with Gasteiger partial charge in [-0.3, -0.25) is 4.79 Å². The average molecular weight is 350 g/mol. The molecule has 0 unspecified atom stereocenters. The number of hydrogen-bond donors (Lipinski definition) is 0. The lowest BCUT2D eigenvalue weighted by atomic mass is 10.1. The fourth-order valence-electron chi connectivity index (χ4n) is 2.62. The Morgan fingerprint density at radius 3 is 3.05 bits per heavy atom. The number of nitrogens with zero attached hydrogens (tertiary/aromatic N) is 1. The monoisotopic (exact) mass is 349 g/mol. The lowest BCUT2D eigenvalue weighted by molar-refractivity contribution is -0.118. The summed E-state index contributed by atoms with van der Waals surface area (Å²) in [6.45, 7) is 0.823. The normalized spacial score (nSPS) is 13.6. The third kappa shape index (κ3) is 2.96. The van der Waals surface area contributed by atoms with Gasteiger partial charge in [0.1, 0.15) is 0 Å².